The summed E-state index contributed by atoms with van der Waals surface area (Å²) in [5.41, 5.74) is 0.106. The number of benzene rings is 1. The average Bonchev–Trinajstić information content (AvgIpc) is 2.21. The minimum Gasteiger partial charge on any atom is -0.316 e. The molecule has 0 atom stereocenters. The Kier molecular flexibility index (Phi) is 5.21. The van der Waals surface area contributed by atoms with Crippen LogP contribution in [-0.4, -0.2) is 19.6 Å². The molecule has 2 nitrogen and oxygen atoms in total. The quantitative estimate of drug-likeness (QED) is 0.704. The van der Waals surface area contributed by atoms with Crippen molar-refractivity contribution in [2.75, 3.05) is 19.6 Å². The van der Waals surface area contributed by atoms with Crippen molar-refractivity contribution in [1.82, 2.24) is 10.6 Å². The number of rotatable bonds is 6. The summed E-state index contributed by atoms with van der Waals surface area (Å²) >= 11 is 0. The van der Waals surface area contributed by atoms with Crippen molar-refractivity contribution in [3.05, 3.63) is 35.4 Å². The predicted molar refractivity (Wildman–Crippen MR) is 56.6 cm³/mol. The van der Waals surface area contributed by atoms with Crippen LogP contribution in [0, 0.1) is 11.6 Å². The van der Waals surface area contributed by atoms with Gasteiger partial charge in [0.05, 0.1) is 0 Å². The second-order valence-electron chi connectivity index (χ2n) is 3.23. The van der Waals surface area contributed by atoms with E-state index in [9.17, 15) is 8.78 Å². The highest BCUT2D eigenvalue weighted by molar-refractivity contribution is 5.19. The summed E-state index contributed by atoms with van der Waals surface area (Å²) in [7, 11) is 0. The van der Waals surface area contributed by atoms with Gasteiger partial charge < -0.3 is 10.6 Å². The number of halogens is 2. The zero-order valence-electron chi connectivity index (χ0n) is 8.82. The molecule has 0 aliphatic rings. The minimum atomic E-state index is -0.494. The van der Waals surface area contributed by atoms with Crippen LogP contribution in [0.3, 0.4) is 0 Å². The molecule has 84 valence electrons. The van der Waals surface area contributed by atoms with E-state index in [0.29, 0.717) is 6.54 Å². The van der Waals surface area contributed by atoms with Crippen LogP contribution in [0.1, 0.15) is 12.5 Å². The summed E-state index contributed by atoms with van der Waals surface area (Å²) in [6.07, 6.45) is 0. The molecule has 0 heterocycles. The largest absolute Gasteiger partial charge is 0.316 e. The SMILES string of the molecule is CCNCCNCc1c(F)cccc1F. The lowest BCUT2D eigenvalue weighted by atomic mass is 10.2. The summed E-state index contributed by atoms with van der Waals surface area (Å²) < 4.78 is 26.3. The highest BCUT2D eigenvalue weighted by Crippen LogP contribution is 2.10. The van der Waals surface area contributed by atoms with Crippen molar-refractivity contribution in [1.29, 1.82) is 0 Å². The van der Waals surface area contributed by atoms with Gasteiger partial charge in [-0.25, -0.2) is 8.78 Å². The van der Waals surface area contributed by atoms with E-state index in [1.165, 1.54) is 18.2 Å². The fourth-order valence-electron chi connectivity index (χ4n) is 1.27. The molecule has 0 saturated carbocycles. The molecule has 1 aromatic rings. The molecule has 0 aromatic heterocycles. The Labute approximate surface area is 88.7 Å². The van der Waals surface area contributed by atoms with Crippen LogP contribution < -0.4 is 10.6 Å². The maximum Gasteiger partial charge on any atom is 0.130 e. The van der Waals surface area contributed by atoms with Crippen LogP contribution in [0.25, 0.3) is 0 Å². The summed E-state index contributed by atoms with van der Waals surface area (Å²) in [6, 6.07) is 3.90. The van der Waals surface area contributed by atoms with Gasteiger partial charge in [0.25, 0.3) is 0 Å². The van der Waals surface area contributed by atoms with Crippen LogP contribution in [0.4, 0.5) is 8.78 Å². The average molecular weight is 214 g/mol. The summed E-state index contributed by atoms with van der Waals surface area (Å²) in [5.74, 6) is -0.989. The maximum absolute atomic E-state index is 13.1. The van der Waals surface area contributed by atoms with E-state index in [-0.39, 0.29) is 12.1 Å². The van der Waals surface area contributed by atoms with Crippen LogP contribution >= 0.6 is 0 Å². The van der Waals surface area contributed by atoms with E-state index in [2.05, 4.69) is 10.6 Å². The van der Waals surface area contributed by atoms with Crippen molar-refractivity contribution >= 4 is 0 Å². The molecular formula is C11H16F2N2. The molecule has 0 amide bonds. The molecule has 0 radical (unpaired) electrons. The molecule has 1 rings (SSSR count). The third-order valence-corrected chi connectivity index (χ3v) is 2.09. The maximum atomic E-state index is 13.1. The first-order valence-electron chi connectivity index (χ1n) is 5.10. The fourth-order valence-corrected chi connectivity index (χ4v) is 1.27. The molecule has 2 N–H and O–H groups in total. The van der Waals surface area contributed by atoms with Crippen LogP contribution in [0.15, 0.2) is 18.2 Å². The molecule has 15 heavy (non-hydrogen) atoms. The predicted octanol–water partition coefficient (Wildman–Crippen LogP) is 1.66. The monoisotopic (exact) mass is 214 g/mol. The van der Waals surface area contributed by atoms with E-state index in [4.69, 9.17) is 0 Å². The van der Waals surface area contributed by atoms with E-state index in [0.717, 1.165) is 13.1 Å². The lowest BCUT2D eigenvalue weighted by Crippen LogP contribution is -2.27. The normalized spacial score (nSPS) is 10.6. The van der Waals surface area contributed by atoms with Gasteiger partial charge in [-0.3, -0.25) is 0 Å². The Bertz CT molecular complexity index is 282. The Morgan fingerprint density at radius 2 is 1.67 bits per heavy atom. The Morgan fingerprint density at radius 1 is 1.07 bits per heavy atom. The molecule has 0 aliphatic carbocycles. The first-order valence-corrected chi connectivity index (χ1v) is 5.10. The molecule has 0 spiro atoms. The number of nitrogens with one attached hydrogen (secondary N) is 2. The number of hydrogen-bond donors (Lipinski definition) is 2. The van der Waals surface area contributed by atoms with Crippen molar-refractivity contribution < 1.29 is 8.78 Å². The molecule has 0 bridgehead atoms. The second-order valence-corrected chi connectivity index (χ2v) is 3.23. The Morgan fingerprint density at radius 3 is 2.27 bits per heavy atom. The first kappa shape index (κ1) is 12.1. The molecule has 0 unspecified atom stereocenters. The van der Waals surface area contributed by atoms with Gasteiger partial charge in [0.1, 0.15) is 11.6 Å². The van der Waals surface area contributed by atoms with Gasteiger partial charge >= 0.3 is 0 Å². The summed E-state index contributed by atoms with van der Waals surface area (Å²) in [5, 5.41) is 6.09. The van der Waals surface area contributed by atoms with Crippen molar-refractivity contribution in [3.8, 4) is 0 Å². The molecular weight excluding hydrogens is 198 g/mol. The topological polar surface area (TPSA) is 24.1 Å². The fraction of sp³-hybridized carbons (Fsp3) is 0.455. The van der Waals surface area contributed by atoms with Gasteiger partial charge in [0.2, 0.25) is 0 Å². The third kappa shape index (κ3) is 3.93. The van der Waals surface area contributed by atoms with Crippen LogP contribution in [0.2, 0.25) is 0 Å². The van der Waals surface area contributed by atoms with E-state index in [1.807, 2.05) is 6.92 Å². The van der Waals surface area contributed by atoms with E-state index < -0.39 is 11.6 Å². The highest BCUT2D eigenvalue weighted by atomic mass is 19.1. The smallest absolute Gasteiger partial charge is 0.130 e. The number of hydrogen-bond acceptors (Lipinski definition) is 2. The minimum absolute atomic E-state index is 0.106. The third-order valence-electron chi connectivity index (χ3n) is 2.09. The first-order chi connectivity index (χ1) is 7.25. The lowest BCUT2D eigenvalue weighted by molar-refractivity contribution is 0.531. The zero-order chi connectivity index (χ0) is 11.1. The standard InChI is InChI=1S/C11H16F2N2/c1-2-14-6-7-15-8-9-10(12)4-3-5-11(9)13/h3-5,14-15H,2,6-8H2,1H3. The molecule has 1 aromatic carbocycles. The molecule has 4 heteroatoms. The molecule has 0 saturated heterocycles. The highest BCUT2D eigenvalue weighted by Gasteiger charge is 2.06. The van der Waals surface area contributed by atoms with E-state index in [1.54, 1.807) is 0 Å². The van der Waals surface area contributed by atoms with Crippen molar-refractivity contribution in [2.24, 2.45) is 0 Å². The van der Waals surface area contributed by atoms with Crippen LogP contribution in [0.5, 0.6) is 0 Å². The van der Waals surface area contributed by atoms with Gasteiger partial charge in [-0.15, -0.1) is 0 Å². The van der Waals surface area contributed by atoms with Gasteiger partial charge in [-0.1, -0.05) is 13.0 Å². The lowest BCUT2D eigenvalue weighted by Gasteiger charge is -2.07. The Balaban J connectivity index is 2.37. The zero-order valence-corrected chi connectivity index (χ0v) is 8.82. The van der Waals surface area contributed by atoms with Gasteiger partial charge in [-0.2, -0.15) is 0 Å². The van der Waals surface area contributed by atoms with Gasteiger partial charge in [-0.05, 0) is 18.7 Å². The molecule has 0 fully saturated rings. The van der Waals surface area contributed by atoms with E-state index >= 15 is 0 Å². The van der Waals surface area contributed by atoms with Crippen molar-refractivity contribution in [3.63, 3.8) is 0 Å². The summed E-state index contributed by atoms with van der Waals surface area (Å²) in [6.45, 7) is 4.63. The van der Waals surface area contributed by atoms with Crippen molar-refractivity contribution in [2.45, 2.75) is 13.5 Å². The Hall–Kier alpha value is -1.00. The summed E-state index contributed by atoms with van der Waals surface area (Å²) in [4.78, 5) is 0. The second kappa shape index (κ2) is 6.48. The van der Waals surface area contributed by atoms with Gasteiger partial charge in [0, 0.05) is 25.2 Å². The van der Waals surface area contributed by atoms with Crippen LogP contribution in [-0.2, 0) is 6.54 Å². The molecule has 0 aliphatic heterocycles. The van der Waals surface area contributed by atoms with Gasteiger partial charge in [0.15, 0.2) is 0 Å². The number of likely N-dealkylation sites (N-methyl/N-ethyl adjacent to an activating group) is 1.